The van der Waals surface area contributed by atoms with Crippen molar-refractivity contribution in [1.29, 1.82) is 0 Å². The molecule has 3 heterocycles. The molecule has 0 aliphatic carbocycles. The topological polar surface area (TPSA) is 212 Å². The van der Waals surface area contributed by atoms with Crippen molar-refractivity contribution >= 4 is 35.8 Å². The third-order valence-electron chi connectivity index (χ3n) is 8.88. The molecule has 5 amide bonds. The molecule has 2 atom stereocenters. The monoisotopic (exact) mass is 757 g/mol. The van der Waals surface area contributed by atoms with E-state index >= 15 is 0 Å². The maximum atomic E-state index is 13.7. The second-order valence-corrected chi connectivity index (χ2v) is 13.1. The van der Waals surface area contributed by atoms with E-state index in [2.05, 4.69) is 27.3 Å². The van der Waals surface area contributed by atoms with Gasteiger partial charge in [0.15, 0.2) is 0 Å². The molecular weight excluding hydrogens is 708 g/mol. The van der Waals surface area contributed by atoms with Gasteiger partial charge in [-0.15, -0.1) is 0 Å². The standard InChI is InChI=1S/C18H21F2N3O5.C14H19N3O2.C5H9NO/c1-11-3-4-12(5-14(11)28-2)7-22-17(27)16(26)13-6-18(19,20)9-23(13)15(25)8-21-10-24;1-10(19)17-7-12-4-2-3-11(14(12)8-17)5-16-6-13(15)9-18;1-4-2-3-5(7)6-4/h3-5,10,13H,6-9H2,1-2H3,(H,21,24)(H,22,27);2-4,6,16,18H,5,7-9,15H2,1H3;4H,2-3H2,1H3,(H,6,7)/b;13-6-;. The Morgan fingerprint density at radius 2 is 1.87 bits per heavy atom. The highest BCUT2D eigenvalue weighted by molar-refractivity contribution is 6.38. The molecule has 2 fully saturated rings. The van der Waals surface area contributed by atoms with Crippen LogP contribution in [0.4, 0.5) is 8.78 Å². The van der Waals surface area contributed by atoms with Gasteiger partial charge in [-0.2, -0.15) is 0 Å². The van der Waals surface area contributed by atoms with Crippen molar-refractivity contribution in [2.24, 2.45) is 5.73 Å². The van der Waals surface area contributed by atoms with Crippen LogP contribution in [0.2, 0.25) is 0 Å². The van der Waals surface area contributed by atoms with Crippen LogP contribution >= 0.6 is 0 Å². The van der Waals surface area contributed by atoms with E-state index in [1.807, 2.05) is 30.9 Å². The highest BCUT2D eigenvalue weighted by Crippen LogP contribution is 2.32. The van der Waals surface area contributed by atoms with Gasteiger partial charge in [0.2, 0.25) is 29.9 Å². The maximum Gasteiger partial charge on any atom is 0.289 e. The summed E-state index contributed by atoms with van der Waals surface area (Å²) < 4.78 is 32.7. The summed E-state index contributed by atoms with van der Waals surface area (Å²) in [4.78, 5) is 71.0. The van der Waals surface area contributed by atoms with Crippen LogP contribution in [0.3, 0.4) is 0 Å². The molecule has 0 bridgehead atoms. The Morgan fingerprint density at radius 3 is 2.46 bits per heavy atom. The largest absolute Gasteiger partial charge is 0.496 e. The van der Waals surface area contributed by atoms with Gasteiger partial charge in [0.1, 0.15) is 11.8 Å². The number of amides is 5. The van der Waals surface area contributed by atoms with Crippen LogP contribution in [0.5, 0.6) is 5.75 Å². The molecule has 3 aliphatic rings. The first kappa shape index (κ1) is 42.8. The van der Waals surface area contributed by atoms with E-state index in [1.165, 1.54) is 18.2 Å². The number of carbonyl (C=O) groups is 6. The molecule has 0 spiro atoms. The third-order valence-corrected chi connectivity index (χ3v) is 8.88. The second kappa shape index (κ2) is 20.0. The molecule has 0 radical (unpaired) electrons. The number of nitrogens with two attached hydrogens (primary N) is 1. The molecule has 15 nitrogen and oxygen atoms in total. The van der Waals surface area contributed by atoms with Crippen LogP contribution in [0, 0.1) is 6.92 Å². The fraction of sp³-hybridized carbons (Fsp3) is 0.459. The lowest BCUT2D eigenvalue weighted by atomic mass is 10.0. The Hall–Kier alpha value is -5.58. The third kappa shape index (κ3) is 12.5. The van der Waals surface area contributed by atoms with Gasteiger partial charge >= 0.3 is 0 Å². The van der Waals surface area contributed by atoms with E-state index in [9.17, 15) is 37.5 Å². The number of ether oxygens (including phenoxy) is 1. The van der Waals surface area contributed by atoms with Crippen molar-refractivity contribution < 1.29 is 47.4 Å². The lowest BCUT2D eigenvalue weighted by molar-refractivity contribution is -0.144. The van der Waals surface area contributed by atoms with Gasteiger partial charge < -0.3 is 46.6 Å². The number of alkyl halides is 2. The summed E-state index contributed by atoms with van der Waals surface area (Å²) in [5.41, 5.74) is 11.0. The number of hydrogen-bond donors (Lipinski definition) is 6. The number of nitrogens with one attached hydrogen (secondary N) is 4. The first-order valence-corrected chi connectivity index (χ1v) is 17.3. The summed E-state index contributed by atoms with van der Waals surface area (Å²) in [6.45, 7) is 5.77. The lowest BCUT2D eigenvalue weighted by Crippen LogP contribution is -2.48. The molecule has 2 unspecified atom stereocenters. The van der Waals surface area contributed by atoms with Crippen molar-refractivity contribution in [3.8, 4) is 5.75 Å². The SMILES string of the molecule is CC(=O)N1Cc2cccc(CN/C=C(\N)CO)c2C1.CC1CCC(=O)N1.COc1cc(CNC(=O)C(=O)C2CC(F)(F)CN2C(=O)CNC=O)ccc1C. The van der Waals surface area contributed by atoms with Crippen molar-refractivity contribution in [3.05, 3.63) is 76.1 Å². The van der Waals surface area contributed by atoms with Gasteiger partial charge in [0, 0.05) is 63.9 Å². The van der Waals surface area contributed by atoms with Crippen LogP contribution in [0.15, 0.2) is 48.3 Å². The minimum absolute atomic E-state index is 0.00896. The van der Waals surface area contributed by atoms with Gasteiger partial charge in [-0.3, -0.25) is 28.8 Å². The van der Waals surface area contributed by atoms with Crippen LogP contribution < -0.4 is 31.7 Å². The van der Waals surface area contributed by atoms with Crippen molar-refractivity contribution in [2.75, 3.05) is 26.8 Å². The Labute approximate surface area is 312 Å². The van der Waals surface area contributed by atoms with E-state index < -0.39 is 49.1 Å². The number of aliphatic hydroxyl groups is 1. The van der Waals surface area contributed by atoms with E-state index in [0.29, 0.717) is 47.6 Å². The summed E-state index contributed by atoms with van der Waals surface area (Å²) >= 11 is 0. The molecule has 294 valence electrons. The average molecular weight is 758 g/mol. The number of fused-ring (bicyclic) bond motifs is 1. The second-order valence-electron chi connectivity index (χ2n) is 13.1. The van der Waals surface area contributed by atoms with Gasteiger partial charge in [-0.25, -0.2) is 8.78 Å². The molecule has 2 aromatic carbocycles. The number of aliphatic hydroxyl groups excluding tert-OH is 1. The first-order chi connectivity index (χ1) is 25.6. The maximum absolute atomic E-state index is 13.7. The molecule has 17 heteroatoms. The molecule has 2 saturated heterocycles. The fourth-order valence-electron chi connectivity index (χ4n) is 5.92. The van der Waals surface area contributed by atoms with Gasteiger partial charge in [0.05, 0.1) is 26.8 Å². The number of Topliss-reactive ketones (excluding diaryl/α,β-unsaturated/α-hetero) is 1. The first-order valence-electron chi connectivity index (χ1n) is 17.3. The normalized spacial score (nSPS) is 18.2. The molecule has 5 rings (SSSR count). The highest BCUT2D eigenvalue weighted by atomic mass is 19.3. The minimum Gasteiger partial charge on any atom is -0.496 e. The van der Waals surface area contributed by atoms with E-state index in [0.717, 1.165) is 24.0 Å². The summed E-state index contributed by atoms with van der Waals surface area (Å²) in [6.07, 6.45) is 2.65. The Balaban J connectivity index is 0.000000257. The Kier molecular flexibility index (Phi) is 15.9. The van der Waals surface area contributed by atoms with Crippen molar-refractivity contribution in [2.45, 2.75) is 84.2 Å². The quantitative estimate of drug-likeness (QED) is 0.133. The van der Waals surface area contributed by atoms with E-state index in [1.54, 1.807) is 31.3 Å². The zero-order valence-corrected chi connectivity index (χ0v) is 30.9. The predicted molar refractivity (Wildman–Crippen MR) is 193 cm³/mol. The summed E-state index contributed by atoms with van der Waals surface area (Å²) in [6, 6.07) is 10.1. The smallest absolute Gasteiger partial charge is 0.289 e. The zero-order valence-electron chi connectivity index (χ0n) is 30.9. The number of likely N-dealkylation sites (tertiary alicyclic amines) is 1. The molecular formula is C37H49F2N7O8. The number of benzene rings is 2. The van der Waals surface area contributed by atoms with Crippen LogP contribution in [-0.2, 0) is 54.9 Å². The van der Waals surface area contributed by atoms with Gasteiger partial charge in [-0.1, -0.05) is 30.3 Å². The number of ketones is 1. The number of nitrogens with zero attached hydrogens (tertiary/aromatic N) is 2. The van der Waals surface area contributed by atoms with Crippen molar-refractivity contribution in [3.63, 3.8) is 0 Å². The number of methoxy groups -OCH3 is 1. The van der Waals surface area contributed by atoms with Crippen LogP contribution in [0.25, 0.3) is 0 Å². The van der Waals surface area contributed by atoms with Gasteiger partial charge in [0.25, 0.3) is 11.8 Å². The van der Waals surface area contributed by atoms with Crippen LogP contribution in [0.1, 0.15) is 60.9 Å². The molecule has 2 aromatic rings. The summed E-state index contributed by atoms with van der Waals surface area (Å²) in [5.74, 6) is -5.44. The van der Waals surface area contributed by atoms with Crippen LogP contribution in [-0.4, -0.2) is 95.5 Å². The van der Waals surface area contributed by atoms with E-state index in [4.69, 9.17) is 15.6 Å². The number of hydrogen-bond acceptors (Lipinski definition) is 10. The number of carbonyl (C=O) groups excluding carboxylic acids is 6. The summed E-state index contributed by atoms with van der Waals surface area (Å²) in [7, 11) is 1.50. The molecule has 3 aliphatic heterocycles. The van der Waals surface area contributed by atoms with E-state index in [-0.39, 0.29) is 31.4 Å². The minimum atomic E-state index is -3.29. The Bertz CT molecular complexity index is 1720. The molecule has 0 aromatic heterocycles. The van der Waals surface area contributed by atoms with Gasteiger partial charge in [-0.05, 0) is 54.2 Å². The summed E-state index contributed by atoms with van der Waals surface area (Å²) in [5, 5.41) is 19.1. The number of halogens is 2. The predicted octanol–water partition coefficient (Wildman–Crippen LogP) is 0.887. The molecule has 54 heavy (non-hydrogen) atoms. The fourth-order valence-corrected chi connectivity index (χ4v) is 5.92. The molecule has 7 N–H and O–H groups in total. The van der Waals surface area contributed by atoms with Crippen molar-refractivity contribution in [1.82, 2.24) is 31.1 Å². The number of rotatable bonds is 12. The average Bonchev–Trinajstić information content (AvgIpc) is 3.86. The highest BCUT2D eigenvalue weighted by Gasteiger charge is 2.51. The lowest BCUT2D eigenvalue weighted by Gasteiger charge is -2.22. The Morgan fingerprint density at radius 1 is 1.13 bits per heavy atom. The zero-order chi connectivity index (χ0) is 40.0. The number of aryl methyl sites for hydroxylation is 1. The molecule has 0 saturated carbocycles.